The molecule has 0 saturated heterocycles. The summed E-state index contributed by atoms with van der Waals surface area (Å²) in [6, 6.07) is 9.42. The number of carbonyl (C=O) groups is 2. The van der Waals surface area contributed by atoms with E-state index in [1.54, 1.807) is 28.4 Å². The fourth-order valence-electron chi connectivity index (χ4n) is 2.61. The highest BCUT2D eigenvalue weighted by atomic mass is 35.5. The minimum atomic E-state index is -0.221. The molecule has 140 valence electrons. The minimum Gasteiger partial charge on any atom is -0.329 e. The van der Waals surface area contributed by atoms with Crippen LogP contribution < -0.4 is 10.2 Å². The standard InChI is InChI=1S/C19H24ClN3O2S/c1-4-23(19(25)13-22(3)11-16-6-5-9-26-16)12-18(24)21-17-10-15(20)8-7-14(17)2/h5-10H,4,11-13H2,1-3H3,(H,21,24)/p+1. The largest absolute Gasteiger partial charge is 0.329 e. The van der Waals surface area contributed by atoms with E-state index in [-0.39, 0.29) is 18.4 Å². The van der Waals surface area contributed by atoms with Crippen molar-refractivity contribution in [2.24, 2.45) is 0 Å². The highest BCUT2D eigenvalue weighted by molar-refractivity contribution is 7.09. The van der Waals surface area contributed by atoms with Gasteiger partial charge in [0.05, 0.1) is 11.9 Å². The first-order valence-corrected chi connectivity index (χ1v) is 9.82. The van der Waals surface area contributed by atoms with Crippen molar-refractivity contribution < 1.29 is 14.5 Å². The maximum absolute atomic E-state index is 12.5. The molecule has 0 radical (unpaired) electrons. The maximum Gasteiger partial charge on any atom is 0.278 e. The van der Waals surface area contributed by atoms with Gasteiger partial charge in [0, 0.05) is 17.3 Å². The van der Waals surface area contributed by atoms with Crippen LogP contribution in [-0.2, 0) is 16.1 Å². The van der Waals surface area contributed by atoms with Crippen LogP contribution in [0.25, 0.3) is 0 Å². The lowest BCUT2D eigenvalue weighted by Crippen LogP contribution is -3.08. The molecule has 2 N–H and O–H groups in total. The lowest BCUT2D eigenvalue weighted by molar-refractivity contribution is -0.885. The first-order valence-electron chi connectivity index (χ1n) is 8.56. The third-order valence-electron chi connectivity index (χ3n) is 4.05. The molecule has 2 amide bonds. The molecule has 1 atom stereocenters. The maximum atomic E-state index is 12.5. The summed E-state index contributed by atoms with van der Waals surface area (Å²) in [5, 5.41) is 5.43. The Hall–Kier alpha value is -1.89. The molecule has 0 saturated carbocycles. The molecule has 0 spiro atoms. The molecule has 5 nitrogen and oxygen atoms in total. The number of hydrogen-bond donors (Lipinski definition) is 2. The van der Waals surface area contributed by atoms with Crippen molar-refractivity contribution in [1.82, 2.24) is 4.90 Å². The van der Waals surface area contributed by atoms with Crippen LogP contribution in [0.4, 0.5) is 5.69 Å². The summed E-state index contributed by atoms with van der Waals surface area (Å²) in [7, 11) is 1.99. The average molecular weight is 395 g/mol. The van der Waals surface area contributed by atoms with Gasteiger partial charge < -0.3 is 15.1 Å². The number of amides is 2. The van der Waals surface area contributed by atoms with Crippen molar-refractivity contribution in [3.63, 3.8) is 0 Å². The molecule has 2 aromatic rings. The summed E-state index contributed by atoms with van der Waals surface area (Å²) in [5.74, 6) is -0.249. The molecule has 1 unspecified atom stereocenters. The third-order valence-corrected chi connectivity index (χ3v) is 5.16. The normalized spacial score (nSPS) is 11.8. The Kier molecular flexibility index (Phi) is 7.63. The van der Waals surface area contributed by atoms with Gasteiger partial charge in [-0.15, -0.1) is 11.3 Å². The Morgan fingerprint density at radius 3 is 2.73 bits per heavy atom. The number of carbonyl (C=O) groups excluding carboxylic acids is 2. The molecule has 1 aromatic heterocycles. The Morgan fingerprint density at radius 2 is 2.08 bits per heavy atom. The molecular weight excluding hydrogens is 370 g/mol. The smallest absolute Gasteiger partial charge is 0.278 e. The molecule has 0 bridgehead atoms. The molecule has 0 aliphatic carbocycles. The first-order chi connectivity index (χ1) is 12.4. The van der Waals surface area contributed by atoms with Crippen LogP contribution >= 0.6 is 22.9 Å². The number of thiophene rings is 1. The van der Waals surface area contributed by atoms with Crippen LogP contribution in [0.15, 0.2) is 35.7 Å². The van der Waals surface area contributed by atoms with Crippen LogP contribution in [0, 0.1) is 6.92 Å². The number of rotatable bonds is 8. The van der Waals surface area contributed by atoms with Crippen LogP contribution in [-0.4, -0.2) is 43.4 Å². The van der Waals surface area contributed by atoms with E-state index in [1.165, 1.54) is 4.88 Å². The number of nitrogens with one attached hydrogen (secondary N) is 2. The van der Waals surface area contributed by atoms with E-state index in [0.29, 0.717) is 23.8 Å². The van der Waals surface area contributed by atoms with E-state index in [0.717, 1.165) is 17.0 Å². The summed E-state index contributed by atoms with van der Waals surface area (Å²) in [5.41, 5.74) is 1.60. The zero-order valence-corrected chi connectivity index (χ0v) is 16.9. The lowest BCUT2D eigenvalue weighted by atomic mass is 10.2. The molecule has 0 fully saturated rings. The van der Waals surface area contributed by atoms with Gasteiger partial charge in [-0.3, -0.25) is 9.59 Å². The highest BCUT2D eigenvalue weighted by Gasteiger charge is 2.20. The fourth-order valence-corrected chi connectivity index (χ4v) is 3.60. The second kappa shape index (κ2) is 9.71. The van der Waals surface area contributed by atoms with Gasteiger partial charge in [-0.1, -0.05) is 23.7 Å². The van der Waals surface area contributed by atoms with Crippen LogP contribution in [0.5, 0.6) is 0 Å². The number of benzene rings is 1. The molecule has 0 aliphatic rings. The SMILES string of the molecule is CCN(CC(=O)Nc1cc(Cl)ccc1C)C(=O)C[NH+](C)Cc1cccs1. The van der Waals surface area contributed by atoms with Gasteiger partial charge in [-0.05, 0) is 43.0 Å². The van der Waals surface area contributed by atoms with E-state index in [1.807, 2.05) is 38.4 Å². The summed E-state index contributed by atoms with van der Waals surface area (Å²) in [6.07, 6.45) is 0. The van der Waals surface area contributed by atoms with Crippen molar-refractivity contribution in [2.45, 2.75) is 20.4 Å². The van der Waals surface area contributed by atoms with Crippen molar-refractivity contribution in [1.29, 1.82) is 0 Å². The summed E-state index contributed by atoms with van der Waals surface area (Å²) >= 11 is 7.67. The van der Waals surface area contributed by atoms with Gasteiger partial charge in [0.25, 0.3) is 5.91 Å². The van der Waals surface area contributed by atoms with E-state index in [4.69, 9.17) is 11.6 Å². The second-order valence-electron chi connectivity index (χ2n) is 6.31. The molecule has 7 heteroatoms. The number of halogens is 1. The summed E-state index contributed by atoms with van der Waals surface area (Å²) < 4.78 is 0. The Labute approximate surface area is 163 Å². The Balaban J connectivity index is 1.89. The van der Waals surface area contributed by atoms with Gasteiger partial charge in [0.2, 0.25) is 5.91 Å². The van der Waals surface area contributed by atoms with Crippen molar-refractivity contribution in [3.8, 4) is 0 Å². The topological polar surface area (TPSA) is 53.9 Å². The zero-order valence-electron chi connectivity index (χ0n) is 15.3. The van der Waals surface area contributed by atoms with Crippen LogP contribution in [0.3, 0.4) is 0 Å². The number of aryl methyl sites for hydroxylation is 1. The van der Waals surface area contributed by atoms with Crippen molar-refractivity contribution >= 4 is 40.4 Å². The lowest BCUT2D eigenvalue weighted by Gasteiger charge is -2.22. The van der Waals surface area contributed by atoms with Gasteiger partial charge >= 0.3 is 0 Å². The van der Waals surface area contributed by atoms with Crippen LogP contribution in [0.1, 0.15) is 17.4 Å². The van der Waals surface area contributed by atoms with E-state index in [9.17, 15) is 9.59 Å². The van der Waals surface area contributed by atoms with Gasteiger partial charge in [-0.25, -0.2) is 0 Å². The second-order valence-corrected chi connectivity index (χ2v) is 7.77. The van der Waals surface area contributed by atoms with Gasteiger partial charge in [-0.2, -0.15) is 0 Å². The highest BCUT2D eigenvalue weighted by Crippen LogP contribution is 2.20. The van der Waals surface area contributed by atoms with Crippen LogP contribution in [0.2, 0.25) is 5.02 Å². The van der Waals surface area contributed by atoms with E-state index < -0.39 is 0 Å². The minimum absolute atomic E-state index is 0.0282. The number of quaternary nitrogens is 1. The molecule has 1 aromatic carbocycles. The zero-order chi connectivity index (χ0) is 19.1. The molecule has 0 aliphatic heterocycles. The number of nitrogens with zero attached hydrogens (tertiary/aromatic N) is 1. The Bertz CT molecular complexity index is 749. The predicted octanol–water partition coefficient (Wildman–Crippen LogP) is 2.21. The first kappa shape index (κ1) is 20.4. The Morgan fingerprint density at radius 1 is 1.31 bits per heavy atom. The number of anilines is 1. The molecular formula is C19H25ClN3O2S+. The quantitative estimate of drug-likeness (QED) is 0.721. The third kappa shape index (κ3) is 6.12. The van der Waals surface area contributed by atoms with Gasteiger partial charge in [0.15, 0.2) is 6.54 Å². The van der Waals surface area contributed by atoms with E-state index >= 15 is 0 Å². The average Bonchev–Trinajstić information content (AvgIpc) is 3.08. The molecule has 1 heterocycles. The number of likely N-dealkylation sites (N-methyl/N-ethyl adjacent to an activating group) is 2. The fraction of sp³-hybridized carbons (Fsp3) is 0.368. The van der Waals surface area contributed by atoms with Crippen molar-refractivity contribution in [2.75, 3.05) is 32.0 Å². The molecule has 26 heavy (non-hydrogen) atoms. The molecule has 2 rings (SSSR count). The summed E-state index contributed by atoms with van der Waals surface area (Å²) in [6.45, 7) is 5.46. The van der Waals surface area contributed by atoms with E-state index in [2.05, 4.69) is 11.4 Å². The monoisotopic (exact) mass is 394 g/mol. The van der Waals surface area contributed by atoms with Gasteiger partial charge in [0.1, 0.15) is 13.1 Å². The summed E-state index contributed by atoms with van der Waals surface area (Å²) in [4.78, 5) is 28.8. The van der Waals surface area contributed by atoms with Crippen molar-refractivity contribution in [3.05, 3.63) is 51.2 Å². The predicted molar refractivity (Wildman–Crippen MR) is 107 cm³/mol. The number of hydrogen-bond acceptors (Lipinski definition) is 3.